The number of carbonyl (C=O) groups excluding carboxylic acids is 4. The van der Waals surface area contributed by atoms with E-state index in [1.54, 1.807) is 62.3 Å². The molecule has 0 aliphatic carbocycles. The smallest absolute Gasteiger partial charge is 0.335 e. The van der Waals surface area contributed by atoms with E-state index < -0.39 is 41.8 Å². The zero-order valence-corrected chi connectivity index (χ0v) is 20.0. The maximum Gasteiger partial charge on any atom is 0.335 e. The molecule has 0 N–H and O–H groups in total. The van der Waals surface area contributed by atoms with Crippen LogP contribution in [0.3, 0.4) is 0 Å². The average molecular weight is 431 g/mol. The van der Waals surface area contributed by atoms with Gasteiger partial charge in [0.2, 0.25) is 0 Å². The molecule has 0 heterocycles. The molecular weight excluding hydrogens is 392 g/mol. The molecule has 0 aromatic heterocycles. The molecule has 0 aromatic rings. The fraction of sp³-hybridized carbons (Fsp3) is 0.818. The first-order valence-electron chi connectivity index (χ1n) is 10.3. The summed E-state index contributed by atoms with van der Waals surface area (Å²) >= 11 is 0. The molecule has 8 nitrogen and oxygen atoms in total. The Balaban J connectivity index is 4.91. The lowest BCUT2D eigenvalue weighted by Gasteiger charge is -2.41. The molecule has 30 heavy (non-hydrogen) atoms. The lowest BCUT2D eigenvalue weighted by atomic mass is 9.72. The molecule has 0 aliphatic rings. The monoisotopic (exact) mass is 430 g/mol. The van der Waals surface area contributed by atoms with Gasteiger partial charge in [-0.25, -0.2) is 9.59 Å². The summed E-state index contributed by atoms with van der Waals surface area (Å²) in [6.45, 7) is 16.0. The third kappa shape index (κ3) is 8.52. The van der Waals surface area contributed by atoms with E-state index >= 15 is 0 Å². The maximum absolute atomic E-state index is 13.0. The number of ketones is 2. The summed E-state index contributed by atoms with van der Waals surface area (Å²) in [6.07, 6.45) is -1.97. The van der Waals surface area contributed by atoms with Crippen LogP contribution in [0.5, 0.6) is 0 Å². The van der Waals surface area contributed by atoms with E-state index in [0.717, 1.165) is 0 Å². The molecule has 0 bridgehead atoms. The molecule has 0 aromatic carbocycles. The lowest BCUT2D eigenvalue weighted by Crippen LogP contribution is -2.52. The topological polar surface area (TPSA) is 105 Å². The summed E-state index contributed by atoms with van der Waals surface area (Å²) in [5.41, 5.74) is -2.17. The van der Waals surface area contributed by atoms with E-state index in [-0.39, 0.29) is 30.2 Å². The van der Waals surface area contributed by atoms with Crippen molar-refractivity contribution < 1.29 is 38.1 Å². The Hall–Kier alpha value is -1.80. The molecule has 174 valence electrons. The molecule has 0 radical (unpaired) electrons. The number of hydrogen-bond acceptors (Lipinski definition) is 8. The Kier molecular flexibility index (Phi) is 10.9. The minimum absolute atomic E-state index is 0.155. The number of hydrogen-bond donors (Lipinski definition) is 0. The largest absolute Gasteiger partial charge is 0.456 e. The Morgan fingerprint density at radius 1 is 0.800 bits per heavy atom. The number of rotatable bonds is 13. The Labute approximate surface area is 180 Å². The zero-order valence-electron chi connectivity index (χ0n) is 20.0. The van der Waals surface area contributed by atoms with Crippen molar-refractivity contribution in [2.75, 3.05) is 13.2 Å². The molecule has 8 heteroatoms. The van der Waals surface area contributed by atoms with Gasteiger partial charge in [-0.2, -0.15) is 0 Å². The average Bonchev–Trinajstić information content (AvgIpc) is 2.62. The SMILES string of the molecule is CC(C)OC(C)C(=O)OC(C)C(=O)C(C)(C)C(C)(C)OCC(=O)OCC(=O)C(C)C. The minimum atomic E-state index is -1.09. The first-order chi connectivity index (χ1) is 13.5. The zero-order chi connectivity index (χ0) is 23.9. The van der Waals surface area contributed by atoms with Crippen LogP contribution < -0.4 is 0 Å². The second-order valence-electron chi connectivity index (χ2n) is 8.98. The van der Waals surface area contributed by atoms with Gasteiger partial charge in [0, 0.05) is 5.92 Å². The van der Waals surface area contributed by atoms with Gasteiger partial charge < -0.3 is 18.9 Å². The van der Waals surface area contributed by atoms with E-state index in [4.69, 9.17) is 18.9 Å². The van der Waals surface area contributed by atoms with Gasteiger partial charge in [0.1, 0.15) is 13.2 Å². The van der Waals surface area contributed by atoms with E-state index in [9.17, 15) is 19.2 Å². The molecule has 2 atom stereocenters. The van der Waals surface area contributed by atoms with Crippen molar-refractivity contribution in [3.8, 4) is 0 Å². The van der Waals surface area contributed by atoms with Crippen molar-refractivity contribution in [2.24, 2.45) is 11.3 Å². The number of esters is 2. The van der Waals surface area contributed by atoms with Gasteiger partial charge in [-0.1, -0.05) is 13.8 Å². The predicted octanol–water partition coefficient (Wildman–Crippen LogP) is 2.89. The van der Waals surface area contributed by atoms with Gasteiger partial charge in [-0.15, -0.1) is 0 Å². The Bertz CT molecular complexity index is 619. The molecule has 0 fully saturated rings. The summed E-state index contributed by atoms with van der Waals surface area (Å²) < 4.78 is 21.2. The molecule has 0 aliphatic heterocycles. The van der Waals surface area contributed by atoms with Gasteiger partial charge >= 0.3 is 11.9 Å². The third-order valence-corrected chi connectivity index (χ3v) is 5.16. The van der Waals surface area contributed by atoms with Crippen LogP contribution in [-0.2, 0) is 38.1 Å². The van der Waals surface area contributed by atoms with Crippen molar-refractivity contribution in [1.82, 2.24) is 0 Å². The standard InChI is InChI=1S/C22H38O8/c1-13(2)17(23)11-27-18(24)12-28-22(9,10)21(7,8)19(25)15(5)30-20(26)16(6)29-14(3)4/h13-16H,11-12H2,1-10H3. The summed E-state index contributed by atoms with van der Waals surface area (Å²) in [4.78, 5) is 48.6. The first kappa shape index (κ1) is 28.2. The van der Waals surface area contributed by atoms with E-state index in [1.165, 1.54) is 6.92 Å². The van der Waals surface area contributed by atoms with Crippen LogP contribution in [0.2, 0.25) is 0 Å². The second kappa shape index (κ2) is 11.6. The van der Waals surface area contributed by atoms with E-state index in [2.05, 4.69) is 0 Å². The summed E-state index contributed by atoms with van der Waals surface area (Å²) in [7, 11) is 0. The van der Waals surface area contributed by atoms with Gasteiger partial charge in [-0.05, 0) is 55.4 Å². The molecular formula is C22H38O8. The van der Waals surface area contributed by atoms with Gasteiger partial charge in [-0.3, -0.25) is 9.59 Å². The fourth-order valence-corrected chi connectivity index (χ4v) is 2.37. The van der Waals surface area contributed by atoms with Crippen LogP contribution in [-0.4, -0.2) is 60.6 Å². The van der Waals surface area contributed by atoms with Crippen LogP contribution in [0.15, 0.2) is 0 Å². The van der Waals surface area contributed by atoms with Crippen molar-refractivity contribution in [3.63, 3.8) is 0 Å². The highest BCUT2D eigenvalue weighted by Gasteiger charge is 2.47. The maximum atomic E-state index is 13.0. The number of ether oxygens (including phenoxy) is 4. The van der Waals surface area contributed by atoms with Gasteiger partial charge in [0.05, 0.1) is 17.1 Å². The van der Waals surface area contributed by atoms with E-state index in [1.807, 2.05) is 0 Å². The quantitative estimate of drug-likeness (QED) is 0.411. The highest BCUT2D eigenvalue weighted by Crippen LogP contribution is 2.36. The van der Waals surface area contributed by atoms with Gasteiger partial charge in [0.15, 0.2) is 23.8 Å². The van der Waals surface area contributed by atoms with Crippen LogP contribution in [0, 0.1) is 11.3 Å². The fourth-order valence-electron chi connectivity index (χ4n) is 2.37. The van der Waals surface area contributed by atoms with Crippen LogP contribution in [0.4, 0.5) is 0 Å². The van der Waals surface area contributed by atoms with Crippen LogP contribution >= 0.6 is 0 Å². The first-order valence-corrected chi connectivity index (χ1v) is 10.3. The van der Waals surface area contributed by atoms with Crippen molar-refractivity contribution in [1.29, 1.82) is 0 Å². The van der Waals surface area contributed by atoms with E-state index in [0.29, 0.717) is 0 Å². The summed E-state index contributed by atoms with van der Waals surface area (Å²) in [5, 5.41) is 0. The Morgan fingerprint density at radius 3 is 1.80 bits per heavy atom. The van der Waals surface area contributed by atoms with Crippen LogP contribution in [0.25, 0.3) is 0 Å². The highest BCUT2D eigenvalue weighted by atomic mass is 16.6. The predicted molar refractivity (Wildman–Crippen MR) is 111 cm³/mol. The van der Waals surface area contributed by atoms with Crippen molar-refractivity contribution in [2.45, 2.75) is 93.2 Å². The normalized spacial score (nSPS) is 14.4. The second-order valence-corrected chi connectivity index (χ2v) is 8.98. The third-order valence-electron chi connectivity index (χ3n) is 5.16. The van der Waals surface area contributed by atoms with Crippen molar-refractivity contribution in [3.05, 3.63) is 0 Å². The molecule has 0 saturated carbocycles. The number of carbonyl (C=O) groups is 4. The number of Topliss-reactive ketones (excluding diaryl/α,β-unsaturated/α-hetero) is 2. The summed E-state index contributed by atoms with van der Waals surface area (Å²) in [5.74, 6) is -2.10. The summed E-state index contributed by atoms with van der Waals surface area (Å²) in [6, 6.07) is 0. The Morgan fingerprint density at radius 2 is 1.33 bits per heavy atom. The van der Waals surface area contributed by atoms with Gasteiger partial charge in [0.25, 0.3) is 0 Å². The van der Waals surface area contributed by atoms with Crippen LogP contribution in [0.1, 0.15) is 69.2 Å². The van der Waals surface area contributed by atoms with Crippen molar-refractivity contribution >= 4 is 23.5 Å². The minimum Gasteiger partial charge on any atom is -0.456 e. The molecule has 0 amide bonds. The lowest BCUT2D eigenvalue weighted by molar-refractivity contribution is -0.178. The molecule has 0 spiro atoms. The molecule has 0 rings (SSSR count). The molecule has 0 saturated heterocycles. The highest BCUT2D eigenvalue weighted by molar-refractivity contribution is 5.91. The molecule has 2 unspecified atom stereocenters.